The fraction of sp³-hybridized carbons (Fsp3) is 0.0769. The van der Waals surface area contributed by atoms with Gasteiger partial charge in [0.25, 0.3) is 0 Å². The van der Waals surface area contributed by atoms with Crippen LogP contribution in [-0.2, 0) is 6.54 Å². The van der Waals surface area contributed by atoms with Gasteiger partial charge < -0.3 is 11.1 Å². The number of hydrogen-bond donors (Lipinski definition) is 2. The minimum absolute atomic E-state index is 0.750. The van der Waals surface area contributed by atoms with E-state index in [1.807, 2.05) is 30.3 Å². The first-order chi connectivity index (χ1) is 8.15. The quantitative estimate of drug-likeness (QED) is 0.800. The molecule has 0 saturated heterocycles. The lowest BCUT2D eigenvalue weighted by atomic mass is 10.2. The summed E-state index contributed by atoms with van der Waals surface area (Å²) in [5.41, 5.74) is 8.79. The summed E-state index contributed by atoms with van der Waals surface area (Å²) in [6.45, 7) is 0.750. The van der Waals surface area contributed by atoms with Gasteiger partial charge in [-0.3, -0.25) is 0 Å². The predicted molar refractivity (Wildman–Crippen MR) is 80.0 cm³/mol. The summed E-state index contributed by atoms with van der Waals surface area (Å²) < 4.78 is 2.10. The van der Waals surface area contributed by atoms with Gasteiger partial charge in [-0.15, -0.1) is 0 Å². The van der Waals surface area contributed by atoms with Crippen LogP contribution in [0.25, 0.3) is 0 Å². The average Bonchev–Trinajstić information content (AvgIpc) is 2.30. The zero-order valence-electron chi connectivity index (χ0n) is 9.08. The minimum Gasteiger partial charge on any atom is -0.397 e. The number of nitrogens with one attached hydrogen (secondary N) is 1. The summed E-state index contributed by atoms with van der Waals surface area (Å²) in [5, 5.41) is 3.32. The fourth-order valence-electron chi connectivity index (χ4n) is 1.53. The SMILES string of the molecule is Nc1ccc(Br)cc1NCc1cccc(Br)c1. The molecule has 0 aliphatic rings. The molecule has 0 radical (unpaired) electrons. The zero-order valence-corrected chi connectivity index (χ0v) is 12.3. The fourth-order valence-corrected chi connectivity index (χ4v) is 2.33. The molecule has 0 aliphatic heterocycles. The zero-order chi connectivity index (χ0) is 12.3. The highest BCUT2D eigenvalue weighted by Gasteiger charge is 2.00. The summed E-state index contributed by atoms with van der Waals surface area (Å²) in [4.78, 5) is 0. The van der Waals surface area contributed by atoms with Crippen molar-refractivity contribution in [3.63, 3.8) is 0 Å². The first-order valence-corrected chi connectivity index (χ1v) is 6.77. The standard InChI is InChI=1S/C13H12Br2N2/c14-10-3-1-2-9(6-10)8-17-13-7-11(15)4-5-12(13)16/h1-7,17H,8,16H2. The second-order valence-corrected chi connectivity index (χ2v) is 5.55. The molecule has 0 fully saturated rings. The molecule has 0 aliphatic carbocycles. The molecule has 2 aromatic rings. The summed E-state index contributed by atoms with van der Waals surface area (Å²) in [6.07, 6.45) is 0. The molecular weight excluding hydrogens is 344 g/mol. The van der Waals surface area contributed by atoms with E-state index in [0.29, 0.717) is 0 Å². The third kappa shape index (κ3) is 3.48. The molecule has 3 N–H and O–H groups in total. The predicted octanol–water partition coefficient (Wildman–Crippen LogP) is 4.41. The molecule has 2 rings (SSSR count). The van der Waals surface area contributed by atoms with E-state index < -0.39 is 0 Å². The third-order valence-electron chi connectivity index (χ3n) is 2.39. The minimum atomic E-state index is 0.750. The Kier molecular flexibility index (Phi) is 4.07. The van der Waals surface area contributed by atoms with Crippen molar-refractivity contribution in [3.05, 3.63) is 57.0 Å². The number of benzene rings is 2. The molecule has 0 heterocycles. The summed E-state index contributed by atoms with van der Waals surface area (Å²) >= 11 is 6.89. The Bertz CT molecular complexity index is 527. The Labute approximate surface area is 117 Å². The topological polar surface area (TPSA) is 38.0 Å². The molecule has 88 valence electrons. The smallest absolute Gasteiger partial charge is 0.0587 e. The van der Waals surface area contributed by atoms with Gasteiger partial charge >= 0.3 is 0 Å². The van der Waals surface area contributed by atoms with Crippen LogP contribution in [0, 0.1) is 0 Å². The van der Waals surface area contributed by atoms with Gasteiger partial charge in [0.1, 0.15) is 0 Å². The van der Waals surface area contributed by atoms with Crippen molar-refractivity contribution in [3.8, 4) is 0 Å². The van der Waals surface area contributed by atoms with Crippen LogP contribution < -0.4 is 11.1 Å². The van der Waals surface area contributed by atoms with Crippen LogP contribution in [0.5, 0.6) is 0 Å². The number of halogens is 2. The van der Waals surface area contributed by atoms with Crippen molar-refractivity contribution < 1.29 is 0 Å². The maximum atomic E-state index is 5.89. The molecule has 2 nitrogen and oxygen atoms in total. The van der Waals surface area contributed by atoms with Crippen molar-refractivity contribution in [1.82, 2.24) is 0 Å². The first-order valence-electron chi connectivity index (χ1n) is 5.18. The number of rotatable bonds is 3. The van der Waals surface area contributed by atoms with Gasteiger partial charge in [0.05, 0.1) is 11.4 Å². The van der Waals surface area contributed by atoms with Gasteiger partial charge in [0.15, 0.2) is 0 Å². The monoisotopic (exact) mass is 354 g/mol. The van der Waals surface area contributed by atoms with E-state index >= 15 is 0 Å². The highest BCUT2D eigenvalue weighted by Crippen LogP contribution is 2.24. The Morgan fingerprint density at radius 1 is 1.00 bits per heavy atom. The lowest BCUT2D eigenvalue weighted by Gasteiger charge is -2.10. The molecule has 2 aromatic carbocycles. The Hall–Kier alpha value is -1.00. The van der Waals surface area contributed by atoms with E-state index in [-0.39, 0.29) is 0 Å². The molecule has 17 heavy (non-hydrogen) atoms. The van der Waals surface area contributed by atoms with Gasteiger partial charge in [-0.1, -0.05) is 44.0 Å². The van der Waals surface area contributed by atoms with Crippen LogP contribution in [0.2, 0.25) is 0 Å². The average molecular weight is 356 g/mol. The Morgan fingerprint density at radius 2 is 1.76 bits per heavy atom. The lowest BCUT2D eigenvalue weighted by Crippen LogP contribution is -2.02. The van der Waals surface area contributed by atoms with Crippen LogP contribution in [0.3, 0.4) is 0 Å². The van der Waals surface area contributed by atoms with E-state index in [4.69, 9.17) is 5.73 Å². The van der Waals surface area contributed by atoms with Gasteiger partial charge in [-0.2, -0.15) is 0 Å². The lowest BCUT2D eigenvalue weighted by molar-refractivity contribution is 1.15. The molecule has 0 atom stereocenters. The van der Waals surface area contributed by atoms with Crippen molar-refractivity contribution in [2.75, 3.05) is 11.1 Å². The highest BCUT2D eigenvalue weighted by atomic mass is 79.9. The van der Waals surface area contributed by atoms with Crippen LogP contribution in [0.4, 0.5) is 11.4 Å². The number of hydrogen-bond acceptors (Lipinski definition) is 2. The van der Waals surface area contributed by atoms with Crippen LogP contribution in [-0.4, -0.2) is 0 Å². The van der Waals surface area contributed by atoms with E-state index in [1.165, 1.54) is 5.56 Å². The summed E-state index contributed by atoms with van der Waals surface area (Å²) in [6, 6.07) is 14.0. The van der Waals surface area contributed by atoms with Gasteiger partial charge in [0.2, 0.25) is 0 Å². The number of nitrogen functional groups attached to an aromatic ring is 1. The van der Waals surface area contributed by atoms with Gasteiger partial charge in [-0.25, -0.2) is 0 Å². The van der Waals surface area contributed by atoms with Gasteiger partial charge in [-0.05, 0) is 35.9 Å². The first kappa shape index (κ1) is 12.5. The number of nitrogens with two attached hydrogens (primary N) is 1. The van der Waals surface area contributed by atoms with E-state index in [0.717, 1.165) is 26.9 Å². The normalized spacial score (nSPS) is 10.2. The van der Waals surface area contributed by atoms with Crippen molar-refractivity contribution in [2.45, 2.75) is 6.54 Å². The molecule has 0 aromatic heterocycles. The summed E-state index contributed by atoms with van der Waals surface area (Å²) in [5.74, 6) is 0. The summed E-state index contributed by atoms with van der Waals surface area (Å²) in [7, 11) is 0. The Morgan fingerprint density at radius 3 is 2.53 bits per heavy atom. The second-order valence-electron chi connectivity index (χ2n) is 3.72. The maximum Gasteiger partial charge on any atom is 0.0587 e. The largest absolute Gasteiger partial charge is 0.397 e. The number of anilines is 2. The van der Waals surface area contributed by atoms with Gasteiger partial charge in [0, 0.05) is 15.5 Å². The molecule has 0 spiro atoms. The van der Waals surface area contributed by atoms with Crippen molar-refractivity contribution in [2.24, 2.45) is 0 Å². The van der Waals surface area contributed by atoms with Crippen LogP contribution >= 0.6 is 31.9 Å². The van der Waals surface area contributed by atoms with E-state index in [2.05, 4.69) is 49.3 Å². The third-order valence-corrected chi connectivity index (χ3v) is 3.37. The second kappa shape index (κ2) is 5.56. The molecule has 0 bridgehead atoms. The molecule has 0 unspecified atom stereocenters. The van der Waals surface area contributed by atoms with Crippen LogP contribution in [0.15, 0.2) is 51.4 Å². The van der Waals surface area contributed by atoms with E-state index in [1.54, 1.807) is 0 Å². The molecular formula is C13H12Br2N2. The molecule has 0 saturated carbocycles. The maximum absolute atomic E-state index is 5.89. The van der Waals surface area contributed by atoms with Crippen molar-refractivity contribution in [1.29, 1.82) is 0 Å². The van der Waals surface area contributed by atoms with Crippen molar-refractivity contribution >= 4 is 43.2 Å². The molecule has 4 heteroatoms. The molecule has 0 amide bonds. The van der Waals surface area contributed by atoms with E-state index in [9.17, 15) is 0 Å². The van der Waals surface area contributed by atoms with Crippen LogP contribution in [0.1, 0.15) is 5.56 Å². The highest BCUT2D eigenvalue weighted by molar-refractivity contribution is 9.10. The Balaban J connectivity index is 2.09.